The minimum absolute atomic E-state index is 0.237. The SMILES string of the molecule is O=C(NO)c1ccc(Cn2ccc3cc(-c4ccc(O)cc4)cnc32)cc1. The van der Waals surface area contributed by atoms with Crippen LogP contribution in [0.1, 0.15) is 15.9 Å². The standard InChI is InChI=1S/C21H17N3O3/c25-19-7-5-15(6-8-19)18-11-17-9-10-24(20(17)22-12-18)13-14-1-3-16(4-2-14)21(26)23-27/h1-12,25,27H,13H2,(H,23,26). The topological polar surface area (TPSA) is 87.4 Å². The summed E-state index contributed by atoms with van der Waals surface area (Å²) in [7, 11) is 0. The van der Waals surface area contributed by atoms with Gasteiger partial charge in [0.1, 0.15) is 11.4 Å². The Bertz CT molecular complexity index is 1100. The number of carbonyl (C=O) groups is 1. The third-order valence-electron chi connectivity index (χ3n) is 4.47. The number of hydrogen-bond donors (Lipinski definition) is 3. The summed E-state index contributed by atoms with van der Waals surface area (Å²) in [6.45, 7) is 0.621. The molecule has 2 aromatic carbocycles. The Balaban J connectivity index is 1.60. The van der Waals surface area contributed by atoms with Crippen molar-refractivity contribution in [3.05, 3.63) is 84.2 Å². The molecule has 6 nitrogen and oxygen atoms in total. The monoisotopic (exact) mass is 359 g/mol. The van der Waals surface area contributed by atoms with Crippen molar-refractivity contribution in [2.45, 2.75) is 6.54 Å². The number of nitrogens with zero attached hydrogens (tertiary/aromatic N) is 2. The van der Waals surface area contributed by atoms with E-state index >= 15 is 0 Å². The Kier molecular flexibility index (Phi) is 4.32. The molecule has 3 N–H and O–H groups in total. The molecule has 0 saturated carbocycles. The molecule has 0 spiro atoms. The maximum absolute atomic E-state index is 11.4. The number of amides is 1. The lowest BCUT2D eigenvalue weighted by Crippen LogP contribution is -2.18. The lowest BCUT2D eigenvalue weighted by molar-refractivity contribution is 0.0706. The van der Waals surface area contributed by atoms with Gasteiger partial charge in [-0.15, -0.1) is 0 Å². The van der Waals surface area contributed by atoms with Gasteiger partial charge in [0.05, 0.1) is 0 Å². The third kappa shape index (κ3) is 3.38. The first-order valence-electron chi connectivity index (χ1n) is 8.42. The van der Waals surface area contributed by atoms with E-state index in [-0.39, 0.29) is 5.75 Å². The molecule has 0 aliphatic heterocycles. The van der Waals surface area contributed by atoms with Gasteiger partial charge in [0.2, 0.25) is 0 Å². The number of aromatic nitrogens is 2. The van der Waals surface area contributed by atoms with E-state index in [1.54, 1.807) is 29.7 Å². The van der Waals surface area contributed by atoms with E-state index in [0.717, 1.165) is 27.7 Å². The van der Waals surface area contributed by atoms with Gasteiger partial charge in [0.25, 0.3) is 5.91 Å². The van der Waals surface area contributed by atoms with Gasteiger partial charge in [-0.25, -0.2) is 10.5 Å². The highest BCUT2D eigenvalue weighted by Gasteiger charge is 2.08. The smallest absolute Gasteiger partial charge is 0.274 e. The van der Waals surface area contributed by atoms with E-state index in [2.05, 4.69) is 11.1 Å². The number of hydroxylamine groups is 1. The fourth-order valence-electron chi connectivity index (χ4n) is 3.04. The molecule has 2 heterocycles. The van der Waals surface area contributed by atoms with E-state index < -0.39 is 5.91 Å². The van der Waals surface area contributed by atoms with Crippen molar-refractivity contribution in [2.24, 2.45) is 0 Å². The molecule has 0 atom stereocenters. The minimum atomic E-state index is -0.531. The van der Waals surface area contributed by atoms with Crippen LogP contribution in [0.15, 0.2) is 73.1 Å². The molecule has 2 aromatic heterocycles. The zero-order chi connectivity index (χ0) is 18.8. The van der Waals surface area contributed by atoms with Crippen molar-refractivity contribution >= 4 is 16.9 Å². The molecule has 0 unspecified atom stereocenters. The molecule has 27 heavy (non-hydrogen) atoms. The van der Waals surface area contributed by atoms with Gasteiger partial charge in [0, 0.05) is 35.5 Å². The first-order valence-corrected chi connectivity index (χ1v) is 8.42. The predicted octanol–water partition coefficient (Wildman–Crippen LogP) is 3.58. The summed E-state index contributed by atoms with van der Waals surface area (Å²) >= 11 is 0. The van der Waals surface area contributed by atoms with Crippen molar-refractivity contribution in [2.75, 3.05) is 0 Å². The fraction of sp³-hybridized carbons (Fsp3) is 0.0476. The van der Waals surface area contributed by atoms with Gasteiger partial charge in [0.15, 0.2) is 0 Å². The van der Waals surface area contributed by atoms with E-state index in [9.17, 15) is 9.90 Å². The number of phenols is 1. The Morgan fingerprint density at radius 2 is 1.74 bits per heavy atom. The van der Waals surface area contributed by atoms with Crippen LogP contribution in [-0.2, 0) is 6.54 Å². The Morgan fingerprint density at radius 1 is 1.00 bits per heavy atom. The average molecular weight is 359 g/mol. The molecule has 0 aliphatic carbocycles. The van der Waals surface area contributed by atoms with Crippen molar-refractivity contribution in [1.82, 2.24) is 15.0 Å². The van der Waals surface area contributed by atoms with Crippen LogP contribution in [0.25, 0.3) is 22.2 Å². The number of aromatic hydroxyl groups is 1. The van der Waals surface area contributed by atoms with E-state index in [0.29, 0.717) is 12.1 Å². The van der Waals surface area contributed by atoms with Crippen LogP contribution in [0.4, 0.5) is 0 Å². The summed E-state index contributed by atoms with van der Waals surface area (Å²) in [5.74, 6) is -0.294. The van der Waals surface area contributed by atoms with Gasteiger partial charge in [-0.2, -0.15) is 0 Å². The van der Waals surface area contributed by atoms with Crippen molar-refractivity contribution in [3.8, 4) is 16.9 Å². The third-order valence-corrected chi connectivity index (χ3v) is 4.47. The van der Waals surface area contributed by atoms with Crippen molar-refractivity contribution in [3.63, 3.8) is 0 Å². The second kappa shape index (κ2) is 6.93. The van der Waals surface area contributed by atoms with Gasteiger partial charge in [-0.3, -0.25) is 10.0 Å². The number of carbonyl (C=O) groups excluding carboxylic acids is 1. The molecule has 0 fully saturated rings. The highest BCUT2D eigenvalue weighted by atomic mass is 16.5. The van der Waals surface area contributed by atoms with Crippen LogP contribution in [0.3, 0.4) is 0 Å². The Morgan fingerprint density at radius 3 is 2.44 bits per heavy atom. The first kappa shape index (κ1) is 16.8. The maximum atomic E-state index is 11.4. The molecule has 0 radical (unpaired) electrons. The molecule has 0 saturated heterocycles. The largest absolute Gasteiger partial charge is 0.508 e. The number of phenolic OH excluding ortho intramolecular Hbond substituents is 1. The molecular formula is C21H17N3O3. The second-order valence-electron chi connectivity index (χ2n) is 6.27. The minimum Gasteiger partial charge on any atom is -0.508 e. The Labute approximate surface area is 155 Å². The summed E-state index contributed by atoms with van der Waals surface area (Å²) in [5, 5.41) is 19.1. The molecular weight excluding hydrogens is 342 g/mol. The van der Waals surface area contributed by atoms with Crippen LogP contribution in [-0.4, -0.2) is 25.8 Å². The number of benzene rings is 2. The molecule has 1 amide bonds. The highest BCUT2D eigenvalue weighted by molar-refractivity contribution is 5.93. The van der Waals surface area contributed by atoms with Crippen molar-refractivity contribution < 1.29 is 15.1 Å². The normalized spacial score (nSPS) is 10.9. The molecule has 4 rings (SSSR count). The van der Waals surface area contributed by atoms with Crippen LogP contribution in [0, 0.1) is 0 Å². The summed E-state index contributed by atoms with van der Waals surface area (Å²) in [4.78, 5) is 16.0. The Hall–Kier alpha value is -3.64. The molecule has 134 valence electrons. The molecule has 0 bridgehead atoms. The van der Waals surface area contributed by atoms with E-state index in [1.165, 1.54) is 0 Å². The second-order valence-corrected chi connectivity index (χ2v) is 6.27. The van der Waals surface area contributed by atoms with Crippen LogP contribution >= 0.6 is 0 Å². The first-order chi connectivity index (χ1) is 13.1. The fourth-order valence-corrected chi connectivity index (χ4v) is 3.04. The highest BCUT2D eigenvalue weighted by Crippen LogP contribution is 2.25. The number of rotatable bonds is 4. The van der Waals surface area contributed by atoms with Crippen LogP contribution in [0.2, 0.25) is 0 Å². The van der Waals surface area contributed by atoms with Gasteiger partial charge in [-0.05, 0) is 47.5 Å². The summed E-state index contributed by atoms with van der Waals surface area (Å²) in [6, 6.07) is 18.2. The summed E-state index contributed by atoms with van der Waals surface area (Å²) in [5.41, 5.74) is 5.89. The number of fused-ring (bicyclic) bond motifs is 1. The zero-order valence-electron chi connectivity index (χ0n) is 14.3. The van der Waals surface area contributed by atoms with Crippen LogP contribution in [0.5, 0.6) is 5.75 Å². The lowest BCUT2D eigenvalue weighted by Gasteiger charge is -2.07. The quantitative estimate of drug-likeness (QED) is 0.384. The predicted molar refractivity (Wildman–Crippen MR) is 102 cm³/mol. The number of hydrogen-bond acceptors (Lipinski definition) is 4. The zero-order valence-corrected chi connectivity index (χ0v) is 14.3. The van der Waals surface area contributed by atoms with E-state index in [4.69, 9.17) is 5.21 Å². The van der Waals surface area contributed by atoms with Gasteiger partial charge < -0.3 is 9.67 Å². The average Bonchev–Trinajstić information content (AvgIpc) is 3.10. The number of pyridine rings is 1. The molecule has 0 aliphatic rings. The lowest BCUT2D eigenvalue weighted by atomic mass is 10.1. The van der Waals surface area contributed by atoms with E-state index in [1.807, 2.05) is 47.3 Å². The van der Waals surface area contributed by atoms with Gasteiger partial charge in [-0.1, -0.05) is 24.3 Å². The van der Waals surface area contributed by atoms with Gasteiger partial charge >= 0.3 is 0 Å². The van der Waals surface area contributed by atoms with Crippen molar-refractivity contribution in [1.29, 1.82) is 0 Å². The molecule has 4 aromatic rings. The molecule has 6 heteroatoms. The summed E-state index contributed by atoms with van der Waals surface area (Å²) in [6.07, 6.45) is 3.80. The summed E-state index contributed by atoms with van der Waals surface area (Å²) < 4.78 is 2.04. The number of nitrogens with one attached hydrogen (secondary N) is 1. The maximum Gasteiger partial charge on any atom is 0.274 e. The van der Waals surface area contributed by atoms with Crippen LogP contribution < -0.4 is 5.48 Å².